The molecule has 104 valence electrons. The van der Waals surface area contributed by atoms with Crippen molar-refractivity contribution in [2.45, 2.75) is 24.9 Å². The summed E-state index contributed by atoms with van der Waals surface area (Å²) in [6.45, 7) is 3.69. The van der Waals surface area contributed by atoms with Crippen molar-refractivity contribution in [1.82, 2.24) is 15.3 Å². The van der Waals surface area contributed by atoms with Gasteiger partial charge in [-0.25, -0.2) is 4.98 Å². The Labute approximate surface area is 113 Å². The first-order valence-corrected chi connectivity index (χ1v) is 6.94. The van der Waals surface area contributed by atoms with Gasteiger partial charge in [-0.3, -0.25) is 0 Å². The molecule has 0 aliphatic carbocycles. The van der Waals surface area contributed by atoms with Gasteiger partial charge in [-0.05, 0) is 26.0 Å². The molecule has 3 rings (SSSR count). The van der Waals surface area contributed by atoms with E-state index in [0.29, 0.717) is 12.1 Å². The smallest absolute Gasteiger partial charge is 0.224 e. The summed E-state index contributed by atoms with van der Waals surface area (Å²) in [6.07, 6.45) is 3.88. The summed E-state index contributed by atoms with van der Waals surface area (Å²) in [6, 6.07) is 2.99. The van der Waals surface area contributed by atoms with Gasteiger partial charge in [0.15, 0.2) is 0 Å². The Balaban J connectivity index is 1.60. The summed E-state index contributed by atoms with van der Waals surface area (Å²) in [5.41, 5.74) is 0. The van der Waals surface area contributed by atoms with Crippen molar-refractivity contribution in [3.63, 3.8) is 0 Å². The fraction of sp³-hybridized carbons (Fsp3) is 0.692. The maximum atomic E-state index is 5.35. The van der Waals surface area contributed by atoms with E-state index in [4.69, 9.17) is 4.74 Å². The van der Waals surface area contributed by atoms with Crippen molar-refractivity contribution < 1.29 is 4.74 Å². The van der Waals surface area contributed by atoms with Crippen LogP contribution in [-0.4, -0.2) is 55.4 Å². The van der Waals surface area contributed by atoms with E-state index in [1.807, 2.05) is 19.3 Å². The van der Waals surface area contributed by atoms with E-state index in [0.717, 1.165) is 50.9 Å². The Hall–Kier alpha value is -1.40. The molecule has 0 radical (unpaired) electrons. The first-order valence-electron chi connectivity index (χ1n) is 6.94. The van der Waals surface area contributed by atoms with Gasteiger partial charge in [-0.1, -0.05) is 0 Å². The highest BCUT2D eigenvalue weighted by atomic mass is 16.5. The van der Waals surface area contributed by atoms with Crippen LogP contribution in [0.4, 0.5) is 11.8 Å². The lowest BCUT2D eigenvalue weighted by atomic mass is 10.1. The number of hydrogen-bond donors (Lipinski definition) is 2. The third kappa shape index (κ3) is 2.96. The minimum Gasteiger partial charge on any atom is -0.381 e. The van der Waals surface area contributed by atoms with Gasteiger partial charge in [-0.15, -0.1) is 0 Å². The van der Waals surface area contributed by atoms with Crippen LogP contribution in [0.3, 0.4) is 0 Å². The van der Waals surface area contributed by atoms with Crippen molar-refractivity contribution in [2.24, 2.45) is 0 Å². The Morgan fingerprint density at radius 2 is 2.05 bits per heavy atom. The van der Waals surface area contributed by atoms with E-state index < -0.39 is 0 Å². The van der Waals surface area contributed by atoms with Crippen LogP contribution in [-0.2, 0) is 4.74 Å². The molecule has 0 spiro atoms. The van der Waals surface area contributed by atoms with E-state index >= 15 is 0 Å². The topological polar surface area (TPSA) is 62.3 Å². The second-order valence-corrected chi connectivity index (χ2v) is 5.16. The van der Waals surface area contributed by atoms with E-state index in [1.165, 1.54) is 0 Å². The first kappa shape index (κ1) is 12.6. The highest BCUT2D eigenvalue weighted by Crippen LogP contribution is 2.20. The van der Waals surface area contributed by atoms with Gasteiger partial charge in [0, 0.05) is 44.6 Å². The molecule has 2 N–H and O–H groups in total. The molecule has 2 fully saturated rings. The van der Waals surface area contributed by atoms with E-state index in [9.17, 15) is 0 Å². The van der Waals surface area contributed by atoms with Gasteiger partial charge in [0.2, 0.25) is 5.95 Å². The van der Waals surface area contributed by atoms with Crippen LogP contribution in [0.5, 0.6) is 0 Å². The molecule has 0 bridgehead atoms. The molecular formula is C13H21N5O. The largest absolute Gasteiger partial charge is 0.381 e. The van der Waals surface area contributed by atoms with Crippen LogP contribution in [0.25, 0.3) is 0 Å². The average Bonchev–Trinajstić information content (AvgIpc) is 2.39. The standard InChI is InChI=1S/C13H21N5O/c1-14-11-8-18(9-11)12-2-5-15-13(17-12)16-10-3-6-19-7-4-10/h2,5,10-11,14H,3-4,6-9H2,1H3,(H,15,16,17). The molecule has 1 aromatic heterocycles. The molecule has 2 aliphatic heterocycles. The monoisotopic (exact) mass is 263 g/mol. The number of likely N-dealkylation sites (N-methyl/N-ethyl adjacent to an activating group) is 1. The number of hydrogen-bond acceptors (Lipinski definition) is 6. The molecule has 0 atom stereocenters. The zero-order valence-electron chi connectivity index (χ0n) is 11.3. The number of nitrogens with one attached hydrogen (secondary N) is 2. The highest BCUT2D eigenvalue weighted by molar-refractivity contribution is 5.45. The lowest BCUT2D eigenvalue weighted by Crippen LogP contribution is -2.57. The van der Waals surface area contributed by atoms with E-state index in [-0.39, 0.29) is 0 Å². The minimum atomic E-state index is 0.436. The van der Waals surface area contributed by atoms with Crippen LogP contribution >= 0.6 is 0 Å². The van der Waals surface area contributed by atoms with Gasteiger partial charge in [-0.2, -0.15) is 4.98 Å². The molecular weight excluding hydrogens is 242 g/mol. The van der Waals surface area contributed by atoms with Gasteiger partial charge in [0.25, 0.3) is 0 Å². The number of ether oxygens (including phenoxy) is 1. The normalized spacial score (nSPS) is 21.2. The molecule has 1 aromatic rings. The molecule has 0 saturated carbocycles. The van der Waals surface area contributed by atoms with Gasteiger partial charge < -0.3 is 20.3 Å². The lowest BCUT2D eigenvalue weighted by Gasteiger charge is -2.40. The summed E-state index contributed by atoms with van der Waals surface area (Å²) >= 11 is 0. The lowest BCUT2D eigenvalue weighted by molar-refractivity contribution is 0.0903. The van der Waals surface area contributed by atoms with Crippen LogP contribution in [0, 0.1) is 0 Å². The number of aromatic nitrogens is 2. The maximum Gasteiger partial charge on any atom is 0.224 e. The van der Waals surface area contributed by atoms with Crippen LogP contribution < -0.4 is 15.5 Å². The van der Waals surface area contributed by atoms with Gasteiger partial charge in [0.05, 0.1) is 0 Å². The molecule has 3 heterocycles. The van der Waals surface area contributed by atoms with Crippen molar-refractivity contribution >= 4 is 11.8 Å². The van der Waals surface area contributed by atoms with Crippen LogP contribution in [0.2, 0.25) is 0 Å². The van der Waals surface area contributed by atoms with Crippen molar-refractivity contribution in [3.8, 4) is 0 Å². The summed E-state index contributed by atoms with van der Waals surface area (Å²) < 4.78 is 5.35. The molecule has 2 saturated heterocycles. The second-order valence-electron chi connectivity index (χ2n) is 5.16. The van der Waals surface area contributed by atoms with Crippen molar-refractivity contribution in [2.75, 3.05) is 43.6 Å². The highest BCUT2D eigenvalue weighted by Gasteiger charge is 2.26. The van der Waals surface area contributed by atoms with Crippen LogP contribution in [0.1, 0.15) is 12.8 Å². The Kier molecular flexibility index (Phi) is 3.79. The van der Waals surface area contributed by atoms with E-state index in [1.54, 1.807) is 0 Å². The van der Waals surface area contributed by atoms with Crippen LogP contribution in [0.15, 0.2) is 12.3 Å². The predicted octanol–water partition coefficient (Wildman–Crippen LogP) is 0.476. The molecule has 19 heavy (non-hydrogen) atoms. The Bertz CT molecular complexity index is 415. The third-order valence-corrected chi connectivity index (χ3v) is 3.81. The fourth-order valence-corrected chi connectivity index (χ4v) is 2.47. The zero-order chi connectivity index (χ0) is 13.1. The molecule has 6 heteroatoms. The Morgan fingerprint density at radius 3 is 2.79 bits per heavy atom. The predicted molar refractivity (Wildman–Crippen MR) is 74.6 cm³/mol. The molecule has 0 aromatic carbocycles. The SMILES string of the molecule is CNC1CN(c2ccnc(NC3CCOCC3)n2)C1. The summed E-state index contributed by atoms with van der Waals surface area (Å²) in [7, 11) is 2.00. The number of anilines is 2. The average molecular weight is 263 g/mol. The third-order valence-electron chi connectivity index (χ3n) is 3.81. The first-order chi connectivity index (χ1) is 9.35. The van der Waals surface area contributed by atoms with Gasteiger partial charge in [0.1, 0.15) is 5.82 Å². The quantitative estimate of drug-likeness (QED) is 0.823. The minimum absolute atomic E-state index is 0.436. The summed E-state index contributed by atoms with van der Waals surface area (Å²) in [4.78, 5) is 11.2. The van der Waals surface area contributed by atoms with Gasteiger partial charge >= 0.3 is 0 Å². The summed E-state index contributed by atoms with van der Waals surface area (Å²) in [5, 5.41) is 6.67. The molecule has 0 amide bonds. The van der Waals surface area contributed by atoms with E-state index in [2.05, 4.69) is 25.5 Å². The zero-order valence-corrected chi connectivity index (χ0v) is 11.3. The fourth-order valence-electron chi connectivity index (χ4n) is 2.47. The second kappa shape index (κ2) is 5.71. The number of nitrogens with zero attached hydrogens (tertiary/aromatic N) is 3. The summed E-state index contributed by atoms with van der Waals surface area (Å²) in [5.74, 6) is 1.74. The molecule has 0 unspecified atom stereocenters. The molecule has 2 aliphatic rings. The molecule has 6 nitrogen and oxygen atoms in total. The van der Waals surface area contributed by atoms with Crippen molar-refractivity contribution in [3.05, 3.63) is 12.3 Å². The van der Waals surface area contributed by atoms with Crippen molar-refractivity contribution in [1.29, 1.82) is 0 Å². The maximum absolute atomic E-state index is 5.35. The Morgan fingerprint density at radius 1 is 1.26 bits per heavy atom. The number of rotatable bonds is 4.